The van der Waals surface area contributed by atoms with Crippen LogP contribution in [0.2, 0.25) is 0 Å². The summed E-state index contributed by atoms with van der Waals surface area (Å²) in [6.07, 6.45) is 4.01. The third kappa shape index (κ3) is 3.44. The first kappa shape index (κ1) is 17.7. The summed E-state index contributed by atoms with van der Waals surface area (Å²) >= 11 is 0. The number of aromatic nitrogens is 3. The monoisotopic (exact) mass is 371 g/mol. The summed E-state index contributed by atoms with van der Waals surface area (Å²) in [5, 5.41) is 13.9. The molecule has 28 heavy (non-hydrogen) atoms. The normalized spacial score (nSPS) is 11.4. The topological polar surface area (TPSA) is 79.0 Å². The predicted molar refractivity (Wildman–Crippen MR) is 110 cm³/mol. The third-order valence-corrected chi connectivity index (χ3v) is 4.73. The molecule has 6 heteroatoms. The number of fused-ring (bicyclic) bond motifs is 1. The lowest BCUT2D eigenvalue weighted by atomic mass is 10.0. The van der Waals surface area contributed by atoms with Gasteiger partial charge in [0.05, 0.1) is 18.7 Å². The first-order chi connectivity index (χ1) is 13.7. The van der Waals surface area contributed by atoms with Gasteiger partial charge in [0.1, 0.15) is 17.7 Å². The van der Waals surface area contributed by atoms with Crippen LogP contribution in [0.5, 0.6) is 5.75 Å². The van der Waals surface area contributed by atoms with E-state index in [1.807, 2.05) is 49.4 Å². The molecule has 0 radical (unpaired) electrons. The summed E-state index contributed by atoms with van der Waals surface area (Å²) in [5.74, 6) is 0.794. The molecule has 0 aliphatic heterocycles. The summed E-state index contributed by atoms with van der Waals surface area (Å²) in [5.41, 5.74) is 5.24. The van der Waals surface area contributed by atoms with Crippen LogP contribution in [0.4, 0.5) is 0 Å². The van der Waals surface area contributed by atoms with Crippen molar-refractivity contribution in [2.75, 3.05) is 7.11 Å². The van der Waals surface area contributed by atoms with Gasteiger partial charge in [0.15, 0.2) is 5.49 Å². The quantitative estimate of drug-likeness (QED) is 0.525. The number of aromatic amines is 1. The highest BCUT2D eigenvalue weighted by molar-refractivity contribution is 5.81. The van der Waals surface area contributed by atoms with Crippen LogP contribution in [0.1, 0.15) is 22.4 Å². The molecule has 0 aliphatic rings. The van der Waals surface area contributed by atoms with Gasteiger partial charge in [-0.1, -0.05) is 30.3 Å². The van der Waals surface area contributed by atoms with E-state index in [2.05, 4.69) is 27.2 Å². The Balaban J connectivity index is 1.72. The van der Waals surface area contributed by atoms with Gasteiger partial charge in [0, 0.05) is 12.1 Å². The molecule has 6 nitrogen and oxygen atoms in total. The number of methoxy groups -OCH3 is 1. The van der Waals surface area contributed by atoms with E-state index < -0.39 is 0 Å². The number of hydrogen-bond acceptors (Lipinski definition) is 4. The molecule has 0 aliphatic carbocycles. The van der Waals surface area contributed by atoms with Gasteiger partial charge in [-0.05, 0) is 47.9 Å². The second-order valence-corrected chi connectivity index (χ2v) is 6.57. The molecule has 0 amide bonds. The standard InChI is InChI=1S/C22H21N5O/c1-15-19(12-16-6-4-3-5-7-16)20-21(23)27(14-24-22(20)26-15)25-13-17-8-10-18(28-2)11-9-17/h3-11,13-14,23,26H,12H2,1-2H3/b23-21?,25-13+. The van der Waals surface area contributed by atoms with Crippen LogP contribution in [0, 0.1) is 12.3 Å². The highest BCUT2D eigenvalue weighted by Gasteiger charge is 2.13. The van der Waals surface area contributed by atoms with E-state index in [-0.39, 0.29) is 0 Å². The van der Waals surface area contributed by atoms with E-state index in [9.17, 15) is 0 Å². The fourth-order valence-electron chi connectivity index (χ4n) is 3.21. The molecule has 0 unspecified atom stereocenters. The van der Waals surface area contributed by atoms with Crippen molar-refractivity contribution >= 4 is 17.2 Å². The van der Waals surface area contributed by atoms with E-state index in [1.54, 1.807) is 19.7 Å². The first-order valence-electron chi connectivity index (χ1n) is 9.01. The number of nitrogens with zero attached hydrogens (tertiary/aromatic N) is 3. The fraction of sp³-hybridized carbons (Fsp3) is 0.136. The third-order valence-electron chi connectivity index (χ3n) is 4.73. The predicted octanol–water partition coefficient (Wildman–Crippen LogP) is 3.63. The van der Waals surface area contributed by atoms with Gasteiger partial charge in [-0.2, -0.15) is 5.10 Å². The average molecular weight is 371 g/mol. The van der Waals surface area contributed by atoms with Crippen molar-refractivity contribution < 1.29 is 4.74 Å². The van der Waals surface area contributed by atoms with Gasteiger partial charge < -0.3 is 9.72 Å². The molecule has 0 saturated carbocycles. The maximum Gasteiger partial charge on any atom is 0.159 e. The molecule has 2 aromatic heterocycles. The highest BCUT2D eigenvalue weighted by atomic mass is 16.5. The van der Waals surface area contributed by atoms with Crippen molar-refractivity contribution in [2.24, 2.45) is 5.10 Å². The van der Waals surface area contributed by atoms with E-state index >= 15 is 0 Å². The van der Waals surface area contributed by atoms with Crippen LogP contribution in [0.3, 0.4) is 0 Å². The largest absolute Gasteiger partial charge is 0.497 e. The lowest BCUT2D eigenvalue weighted by Crippen LogP contribution is -2.18. The molecule has 2 heterocycles. The zero-order valence-electron chi connectivity index (χ0n) is 15.8. The molecule has 0 fully saturated rings. The summed E-state index contributed by atoms with van der Waals surface area (Å²) in [6, 6.07) is 17.8. The molecule has 0 atom stereocenters. The molecule has 140 valence electrons. The van der Waals surface area contributed by atoms with Crippen LogP contribution < -0.4 is 10.2 Å². The van der Waals surface area contributed by atoms with Crippen molar-refractivity contribution in [1.29, 1.82) is 5.41 Å². The zero-order valence-corrected chi connectivity index (χ0v) is 15.8. The SMILES string of the molecule is COc1ccc(/C=N/n2cnc3[nH]c(C)c(Cc4ccccc4)c3c2=N)cc1. The second-order valence-electron chi connectivity index (χ2n) is 6.57. The Morgan fingerprint density at radius 2 is 1.89 bits per heavy atom. The minimum absolute atomic E-state index is 0.310. The Hall–Kier alpha value is -3.67. The number of rotatable bonds is 5. The number of aryl methyl sites for hydroxylation is 1. The molecular formula is C22H21N5O. The van der Waals surface area contributed by atoms with Gasteiger partial charge in [-0.25, -0.2) is 9.66 Å². The Labute approximate surface area is 162 Å². The van der Waals surface area contributed by atoms with E-state index in [0.29, 0.717) is 11.1 Å². The van der Waals surface area contributed by atoms with Gasteiger partial charge in [0.25, 0.3) is 0 Å². The number of H-pyrrole nitrogens is 1. The fourth-order valence-corrected chi connectivity index (χ4v) is 3.21. The van der Waals surface area contributed by atoms with Crippen molar-refractivity contribution in [2.45, 2.75) is 13.3 Å². The molecule has 2 N–H and O–H groups in total. The summed E-state index contributed by atoms with van der Waals surface area (Å²) in [4.78, 5) is 7.75. The molecule has 0 spiro atoms. The molecule has 0 saturated heterocycles. The molecule has 4 aromatic rings. The smallest absolute Gasteiger partial charge is 0.159 e. The number of hydrogen-bond donors (Lipinski definition) is 2. The summed E-state index contributed by atoms with van der Waals surface area (Å²) in [7, 11) is 1.64. The lowest BCUT2D eigenvalue weighted by molar-refractivity contribution is 0.415. The number of ether oxygens (including phenoxy) is 1. The van der Waals surface area contributed by atoms with E-state index in [0.717, 1.165) is 34.4 Å². The minimum atomic E-state index is 0.310. The maximum atomic E-state index is 8.66. The molecule has 0 bridgehead atoms. The van der Waals surface area contributed by atoms with Crippen molar-refractivity contribution in [1.82, 2.24) is 14.6 Å². The molecular weight excluding hydrogens is 350 g/mol. The Kier molecular flexibility index (Phi) is 4.76. The minimum Gasteiger partial charge on any atom is -0.497 e. The average Bonchev–Trinajstić information content (AvgIpc) is 3.04. The summed E-state index contributed by atoms with van der Waals surface area (Å²) < 4.78 is 6.66. The van der Waals surface area contributed by atoms with Gasteiger partial charge in [0.2, 0.25) is 0 Å². The molecule has 4 rings (SSSR count). The maximum absolute atomic E-state index is 8.66. The van der Waals surface area contributed by atoms with Crippen molar-refractivity contribution in [3.8, 4) is 5.75 Å². The summed E-state index contributed by atoms with van der Waals surface area (Å²) in [6.45, 7) is 2.02. The van der Waals surface area contributed by atoms with Gasteiger partial charge >= 0.3 is 0 Å². The van der Waals surface area contributed by atoms with Gasteiger partial charge in [-0.15, -0.1) is 0 Å². The second kappa shape index (κ2) is 7.52. The first-order valence-corrected chi connectivity index (χ1v) is 9.01. The van der Waals surface area contributed by atoms with Crippen LogP contribution in [0.15, 0.2) is 66.0 Å². The van der Waals surface area contributed by atoms with Crippen LogP contribution in [-0.2, 0) is 6.42 Å². The Morgan fingerprint density at radius 3 is 2.61 bits per heavy atom. The Bertz CT molecular complexity index is 1190. The zero-order chi connectivity index (χ0) is 19.5. The van der Waals surface area contributed by atoms with Crippen molar-refractivity contribution in [3.05, 3.63) is 88.8 Å². The highest BCUT2D eigenvalue weighted by Crippen LogP contribution is 2.20. The van der Waals surface area contributed by atoms with E-state index in [4.69, 9.17) is 10.1 Å². The Morgan fingerprint density at radius 1 is 1.14 bits per heavy atom. The van der Waals surface area contributed by atoms with Crippen LogP contribution in [-0.4, -0.2) is 28.0 Å². The van der Waals surface area contributed by atoms with Crippen LogP contribution >= 0.6 is 0 Å². The number of nitrogens with one attached hydrogen (secondary N) is 2. The van der Waals surface area contributed by atoms with Gasteiger partial charge in [-0.3, -0.25) is 5.41 Å². The van der Waals surface area contributed by atoms with Crippen molar-refractivity contribution in [3.63, 3.8) is 0 Å². The molecule has 2 aromatic carbocycles. The lowest BCUT2D eigenvalue weighted by Gasteiger charge is -2.04. The van der Waals surface area contributed by atoms with E-state index in [1.165, 1.54) is 10.2 Å². The number of benzene rings is 2. The van der Waals surface area contributed by atoms with Crippen LogP contribution in [0.25, 0.3) is 11.0 Å².